The molecule has 1 heterocycles. The van der Waals surface area contributed by atoms with Crippen molar-refractivity contribution in [2.45, 2.75) is 6.54 Å². The lowest BCUT2D eigenvalue weighted by Gasteiger charge is -2.06. The molecule has 4 nitrogen and oxygen atoms in total. The number of aromatic nitrogens is 2. The van der Waals surface area contributed by atoms with E-state index in [1.807, 2.05) is 6.07 Å². The number of rotatable bonds is 3. The molecule has 1 aromatic heterocycles. The van der Waals surface area contributed by atoms with Crippen molar-refractivity contribution < 1.29 is 9.18 Å². The molecule has 0 unspecified atom stereocenters. The maximum atomic E-state index is 13.1. The minimum Gasteiger partial charge on any atom is -0.348 e. The van der Waals surface area contributed by atoms with Crippen LogP contribution >= 0.6 is 11.6 Å². The van der Waals surface area contributed by atoms with Crippen molar-refractivity contribution >= 4 is 28.4 Å². The lowest BCUT2D eigenvalue weighted by Crippen LogP contribution is -2.22. The van der Waals surface area contributed by atoms with Crippen LogP contribution in [0.5, 0.6) is 0 Å². The van der Waals surface area contributed by atoms with Crippen LogP contribution in [0.4, 0.5) is 4.39 Å². The molecule has 3 aromatic rings. The number of fused-ring (bicyclic) bond motifs is 1. The highest BCUT2D eigenvalue weighted by molar-refractivity contribution is 6.30. The summed E-state index contributed by atoms with van der Waals surface area (Å²) in [5, 5.41) is 10.5. The van der Waals surface area contributed by atoms with Gasteiger partial charge in [-0.3, -0.25) is 9.89 Å². The Kier molecular flexibility index (Phi) is 3.58. The first-order valence-corrected chi connectivity index (χ1v) is 6.66. The number of hydrogen-bond acceptors (Lipinski definition) is 2. The highest BCUT2D eigenvalue weighted by atomic mass is 35.5. The second kappa shape index (κ2) is 5.54. The van der Waals surface area contributed by atoms with E-state index in [2.05, 4.69) is 15.5 Å². The molecule has 0 aliphatic heterocycles. The molecule has 0 atom stereocenters. The fourth-order valence-corrected chi connectivity index (χ4v) is 2.22. The van der Waals surface area contributed by atoms with Crippen LogP contribution in [0.3, 0.4) is 0 Å². The van der Waals surface area contributed by atoms with Gasteiger partial charge in [-0.2, -0.15) is 5.10 Å². The van der Waals surface area contributed by atoms with Crippen LogP contribution in [0.25, 0.3) is 10.9 Å². The Hall–Kier alpha value is -2.40. The van der Waals surface area contributed by atoms with Crippen LogP contribution in [-0.2, 0) is 6.54 Å². The van der Waals surface area contributed by atoms with Crippen molar-refractivity contribution in [3.05, 3.63) is 64.6 Å². The van der Waals surface area contributed by atoms with Crippen molar-refractivity contribution in [2.75, 3.05) is 0 Å². The summed E-state index contributed by atoms with van der Waals surface area (Å²) in [6.07, 6.45) is 1.69. The molecule has 106 valence electrons. The smallest absolute Gasteiger partial charge is 0.251 e. The quantitative estimate of drug-likeness (QED) is 0.780. The van der Waals surface area contributed by atoms with E-state index in [1.54, 1.807) is 24.4 Å². The van der Waals surface area contributed by atoms with Gasteiger partial charge < -0.3 is 5.32 Å². The number of aromatic amines is 1. The van der Waals surface area contributed by atoms with Crippen molar-refractivity contribution in [3.8, 4) is 0 Å². The van der Waals surface area contributed by atoms with E-state index in [4.69, 9.17) is 11.6 Å². The SMILES string of the molecule is O=C(NCc1ccc(F)c(Cl)c1)c1ccc2cn[nH]c2c1. The van der Waals surface area contributed by atoms with Gasteiger partial charge in [0.25, 0.3) is 5.91 Å². The number of benzene rings is 2. The van der Waals surface area contributed by atoms with Gasteiger partial charge in [-0.25, -0.2) is 4.39 Å². The summed E-state index contributed by atoms with van der Waals surface area (Å²) in [5.41, 5.74) is 2.06. The third kappa shape index (κ3) is 2.87. The summed E-state index contributed by atoms with van der Waals surface area (Å²) in [6, 6.07) is 9.64. The average Bonchev–Trinajstić information content (AvgIpc) is 2.95. The molecule has 0 saturated heterocycles. The summed E-state index contributed by atoms with van der Waals surface area (Å²) >= 11 is 5.70. The van der Waals surface area contributed by atoms with Crippen molar-refractivity contribution in [3.63, 3.8) is 0 Å². The minimum absolute atomic E-state index is 0.0422. The van der Waals surface area contributed by atoms with Gasteiger partial charge in [0, 0.05) is 17.5 Å². The topological polar surface area (TPSA) is 57.8 Å². The highest BCUT2D eigenvalue weighted by Gasteiger charge is 2.08. The van der Waals surface area contributed by atoms with Gasteiger partial charge >= 0.3 is 0 Å². The minimum atomic E-state index is -0.476. The molecule has 1 amide bonds. The number of H-pyrrole nitrogens is 1. The van der Waals surface area contributed by atoms with Gasteiger partial charge in [-0.15, -0.1) is 0 Å². The predicted molar refractivity (Wildman–Crippen MR) is 78.7 cm³/mol. The second-order valence-corrected chi connectivity index (χ2v) is 5.01. The number of halogens is 2. The summed E-state index contributed by atoms with van der Waals surface area (Å²) in [6.45, 7) is 0.278. The molecule has 6 heteroatoms. The Morgan fingerprint density at radius 3 is 2.95 bits per heavy atom. The average molecular weight is 304 g/mol. The van der Waals surface area contributed by atoms with Crippen LogP contribution in [0.1, 0.15) is 15.9 Å². The molecule has 0 saturated carbocycles. The van der Waals surface area contributed by atoms with Crippen LogP contribution in [0, 0.1) is 5.82 Å². The molecule has 0 radical (unpaired) electrons. The predicted octanol–water partition coefficient (Wildman–Crippen LogP) is 3.29. The summed E-state index contributed by atoms with van der Waals surface area (Å²) in [4.78, 5) is 12.1. The molecule has 2 N–H and O–H groups in total. The first kappa shape index (κ1) is 13.6. The van der Waals surface area contributed by atoms with Gasteiger partial charge in [0.2, 0.25) is 0 Å². The van der Waals surface area contributed by atoms with Gasteiger partial charge in [0.1, 0.15) is 5.82 Å². The molecule has 0 aliphatic carbocycles. The lowest BCUT2D eigenvalue weighted by molar-refractivity contribution is 0.0951. The van der Waals surface area contributed by atoms with Crippen molar-refractivity contribution in [1.29, 1.82) is 0 Å². The number of carbonyl (C=O) groups excluding carboxylic acids is 1. The van der Waals surface area contributed by atoms with E-state index in [-0.39, 0.29) is 17.5 Å². The fourth-order valence-electron chi connectivity index (χ4n) is 2.01. The van der Waals surface area contributed by atoms with E-state index in [0.29, 0.717) is 5.56 Å². The third-order valence-electron chi connectivity index (χ3n) is 3.14. The Bertz CT molecular complexity index is 816. The molecule has 2 aromatic carbocycles. The van der Waals surface area contributed by atoms with E-state index < -0.39 is 5.82 Å². The molecule has 0 bridgehead atoms. The van der Waals surface area contributed by atoms with Gasteiger partial charge in [0.05, 0.1) is 16.7 Å². The van der Waals surface area contributed by atoms with E-state index in [1.165, 1.54) is 12.1 Å². The standard InChI is InChI=1S/C15H11ClFN3O/c16-12-5-9(1-4-13(12)17)7-18-15(21)10-2-3-11-8-19-20-14(11)6-10/h1-6,8H,7H2,(H,18,21)(H,19,20). The summed E-state index contributed by atoms with van der Waals surface area (Å²) in [5.74, 6) is -0.691. The first-order chi connectivity index (χ1) is 10.1. The van der Waals surface area contributed by atoms with E-state index >= 15 is 0 Å². The largest absolute Gasteiger partial charge is 0.348 e. The molecule has 3 rings (SSSR count). The van der Waals surface area contributed by atoms with Crippen molar-refractivity contribution in [1.82, 2.24) is 15.5 Å². The first-order valence-electron chi connectivity index (χ1n) is 6.29. The zero-order valence-corrected chi connectivity index (χ0v) is 11.6. The van der Waals surface area contributed by atoms with Crippen LogP contribution in [-0.4, -0.2) is 16.1 Å². The number of hydrogen-bond donors (Lipinski definition) is 2. The fraction of sp³-hybridized carbons (Fsp3) is 0.0667. The van der Waals surface area contributed by atoms with Gasteiger partial charge in [-0.1, -0.05) is 23.7 Å². The maximum absolute atomic E-state index is 13.1. The molecular formula is C15H11ClFN3O. The zero-order valence-electron chi connectivity index (χ0n) is 10.9. The third-order valence-corrected chi connectivity index (χ3v) is 3.43. The number of nitrogens with zero attached hydrogens (tertiary/aromatic N) is 1. The Labute approximate surface area is 124 Å². The number of amides is 1. The van der Waals surface area contributed by atoms with Crippen LogP contribution in [0.15, 0.2) is 42.6 Å². The Balaban J connectivity index is 1.72. The maximum Gasteiger partial charge on any atom is 0.251 e. The highest BCUT2D eigenvalue weighted by Crippen LogP contribution is 2.16. The van der Waals surface area contributed by atoms with Crippen molar-refractivity contribution in [2.24, 2.45) is 0 Å². The monoisotopic (exact) mass is 303 g/mol. The molecule has 0 aliphatic rings. The van der Waals surface area contributed by atoms with Gasteiger partial charge in [-0.05, 0) is 29.8 Å². The van der Waals surface area contributed by atoms with Crippen LogP contribution in [0.2, 0.25) is 5.02 Å². The van der Waals surface area contributed by atoms with E-state index in [9.17, 15) is 9.18 Å². The molecule has 21 heavy (non-hydrogen) atoms. The zero-order chi connectivity index (χ0) is 14.8. The number of nitrogens with one attached hydrogen (secondary N) is 2. The lowest BCUT2D eigenvalue weighted by atomic mass is 10.1. The second-order valence-electron chi connectivity index (χ2n) is 4.60. The molecular weight excluding hydrogens is 293 g/mol. The Morgan fingerprint density at radius 2 is 2.14 bits per heavy atom. The normalized spacial score (nSPS) is 10.8. The van der Waals surface area contributed by atoms with Gasteiger partial charge in [0.15, 0.2) is 0 Å². The molecule has 0 fully saturated rings. The van der Waals surface area contributed by atoms with Crippen LogP contribution < -0.4 is 5.32 Å². The van der Waals surface area contributed by atoms with E-state index in [0.717, 1.165) is 16.5 Å². The Morgan fingerprint density at radius 1 is 1.29 bits per heavy atom. The summed E-state index contributed by atoms with van der Waals surface area (Å²) < 4.78 is 13.1. The molecule has 0 spiro atoms. The summed E-state index contributed by atoms with van der Waals surface area (Å²) in [7, 11) is 0. The number of carbonyl (C=O) groups is 1.